The summed E-state index contributed by atoms with van der Waals surface area (Å²) in [5.74, 6) is 0.889. The first kappa shape index (κ1) is 9.74. The topological polar surface area (TPSA) is 0 Å². The first-order valence-corrected chi connectivity index (χ1v) is 4.49. The van der Waals surface area contributed by atoms with Crippen molar-refractivity contribution in [2.24, 2.45) is 5.92 Å². The smallest absolute Gasteiger partial charge is 0.0232 e. The van der Waals surface area contributed by atoms with Gasteiger partial charge in [-0.05, 0) is 32.1 Å². The lowest BCUT2D eigenvalue weighted by Crippen LogP contribution is -1.85. The Labute approximate surface area is 65.3 Å². The molecule has 0 heterocycles. The Bertz CT molecular complexity index is 101. The monoisotopic (exact) mass is 140 g/mol. The zero-order chi connectivity index (χ0) is 7.98. The molecular weight excluding hydrogens is 120 g/mol. The summed E-state index contributed by atoms with van der Waals surface area (Å²) >= 11 is 0. The van der Waals surface area contributed by atoms with Crippen molar-refractivity contribution in [2.45, 2.75) is 47.0 Å². The van der Waals surface area contributed by atoms with Gasteiger partial charge in [-0.15, -0.1) is 0 Å². The fourth-order valence-corrected chi connectivity index (χ4v) is 1.47. The minimum Gasteiger partial charge on any atom is -0.0882 e. The van der Waals surface area contributed by atoms with Crippen LogP contribution in [0.3, 0.4) is 0 Å². The average Bonchev–Trinajstić information content (AvgIpc) is 2.39. The Morgan fingerprint density at radius 2 is 2.00 bits per heavy atom. The van der Waals surface area contributed by atoms with Crippen LogP contribution in [0.4, 0.5) is 0 Å². The maximum atomic E-state index is 2.32. The van der Waals surface area contributed by atoms with Crippen molar-refractivity contribution < 1.29 is 0 Å². The Morgan fingerprint density at radius 1 is 1.40 bits per heavy atom. The zero-order valence-electron chi connectivity index (χ0n) is 7.78. The molecule has 0 amide bonds. The molecule has 0 spiro atoms. The molecule has 0 aromatic heterocycles. The van der Waals surface area contributed by atoms with E-state index in [2.05, 4.69) is 19.9 Å². The summed E-state index contributed by atoms with van der Waals surface area (Å²) in [7, 11) is 0. The van der Waals surface area contributed by atoms with E-state index in [9.17, 15) is 0 Å². The molecule has 0 saturated heterocycles. The normalized spacial score (nSPS) is 28.0. The van der Waals surface area contributed by atoms with Crippen molar-refractivity contribution in [3.63, 3.8) is 0 Å². The van der Waals surface area contributed by atoms with Crippen molar-refractivity contribution >= 4 is 0 Å². The molecule has 0 aromatic rings. The minimum absolute atomic E-state index is 0.889. The quantitative estimate of drug-likeness (QED) is 0.449. The number of allylic oxidation sites excluding steroid dienone is 2. The van der Waals surface area contributed by atoms with Gasteiger partial charge in [-0.1, -0.05) is 32.4 Å². The second-order valence-corrected chi connectivity index (χ2v) is 2.66. The average molecular weight is 140 g/mol. The highest BCUT2D eigenvalue weighted by atomic mass is 14.2. The molecule has 60 valence electrons. The van der Waals surface area contributed by atoms with E-state index in [1.165, 1.54) is 19.3 Å². The van der Waals surface area contributed by atoms with Gasteiger partial charge in [0.05, 0.1) is 0 Å². The van der Waals surface area contributed by atoms with Gasteiger partial charge in [0.15, 0.2) is 0 Å². The molecule has 1 aliphatic rings. The first-order chi connectivity index (χ1) is 4.84. The molecule has 0 bridgehead atoms. The zero-order valence-corrected chi connectivity index (χ0v) is 7.78. The maximum absolute atomic E-state index is 2.32. The third kappa shape index (κ3) is 2.55. The number of hydrogen-bond acceptors (Lipinski definition) is 0. The van der Waals surface area contributed by atoms with Gasteiger partial charge < -0.3 is 0 Å². The SMILES string of the molecule is C/C=C1/CCC[C@@H]1C.CC. The summed E-state index contributed by atoms with van der Waals surface area (Å²) in [6.07, 6.45) is 6.47. The van der Waals surface area contributed by atoms with Crippen LogP contribution in [0.1, 0.15) is 47.0 Å². The molecule has 1 aliphatic carbocycles. The van der Waals surface area contributed by atoms with E-state index in [0.29, 0.717) is 0 Å². The van der Waals surface area contributed by atoms with Gasteiger partial charge in [-0.25, -0.2) is 0 Å². The Morgan fingerprint density at radius 3 is 2.20 bits per heavy atom. The van der Waals surface area contributed by atoms with E-state index in [4.69, 9.17) is 0 Å². The van der Waals surface area contributed by atoms with E-state index in [-0.39, 0.29) is 0 Å². The Hall–Kier alpha value is -0.260. The summed E-state index contributed by atoms with van der Waals surface area (Å²) in [6, 6.07) is 0. The number of hydrogen-bond donors (Lipinski definition) is 0. The molecule has 0 N–H and O–H groups in total. The lowest BCUT2D eigenvalue weighted by molar-refractivity contribution is 0.695. The summed E-state index contributed by atoms with van der Waals surface area (Å²) in [5.41, 5.74) is 1.67. The van der Waals surface area contributed by atoms with Gasteiger partial charge in [-0.3, -0.25) is 0 Å². The molecule has 1 saturated carbocycles. The Kier molecular flexibility index (Phi) is 5.38. The van der Waals surface area contributed by atoms with E-state index in [0.717, 1.165) is 5.92 Å². The number of rotatable bonds is 0. The minimum atomic E-state index is 0.889. The molecule has 0 heteroatoms. The standard InChI is InChI=1S/C8H14.C2H6/c1-3-8-6-4-5-7(8)2;1-2/h3,7H,4-6H2,1-2H3;1-2H3/b8-3-;/t7-;/m0./s1. The van der Waals surface area contributed by atoms with Gasteiger partial charge in [-0.2, -0.15) is 0 Å². The van der Waals surface area contributed by atoms with Crippen molar-refractivity contribution in [1.29, 1.82) is 0 Å². The van der Waals surface area contributed by atoms with Crippen LogP contribution in [0, 0.1) is 5.92 Å². The second kappa shape index (κ2) is 5.52. The first-order valence-electron chi connectivity index (χ1n) is 4.49. The lowest BCUT2D eigenvalue weighted by atomic mass is 10.1. The van der Waals surface area contributed by atoms with Gasteiger partial charge in [0.1, 0.15) is 0 Å². The summed E-state index contributed by atoms with van der Waals surface area (Å²) < 4.78 is 0. The molecule has 1 rings (SSSR count). The molecular formula is C10H20. The fourth-order valence-electron chi connectivity index (χ4n) is 1.47. The lowest BCUT2D eigenvalue weighted by Gasteiger charge is -2.00. The summed E-state index contributed by atoms with van der Waals surface area (Å²) in [4.78, 5) is 0. The fraction of sp³-hybridized carbons (Fsp3) is 0.800. The van der Waals surface area contributed by atoms with Crippen molar-refractivity contribution in [3.05, 3.63) is 11.6 Å². The molecule has 0 nitrogen and oxygen atoms in total. The third-order valence-corrected chi connectivity index (χ3v) is 2.11. The van der Waals surface area contributed by atoms with Crippen LogP contribution in [-0.2, 0) is 0 Å². The van der Waals surface area contributed by atoms with Gasteiger partial charge in [0.2, 0.25) is 0 Å². The molecule has 1 fully saturated rings. The van der Waals surface area contributed by atoms with Crippen molar-refractivity contribution in [1.82, 2.24) is 0 Å². The van der Waals surface area contributed by atoms with Crippen LogP contribution in [0.25, 0.3) is 0 Å². The highest BCUT2D eigenvalue weighted by Crippen LogP contribution is 2.29. The molecule has 0 aliphatic heterocycles. The highest BCUT2D eigenvalue weighted by molar-refractivity contribution is 5.08. The van der Waals surface area contributed by atoms with Crippen LogP contribution < -0.4 is 0 Å². The molecule has 0 radical (unpaired) electrons. The van der Waals surface area contributed by atoms with E-state index in [1.807, 2.05) is 13.8 Å². The third-order valence-electron chi connectivity index (χ3n) is 2.11. The van der Waals surface area contributed by atoms with Crippen molar-refractivity contribution in [2.75, 3.05) is 0 Å². The highest BCUT2D eigenvalue weighted by Gasteiger charge is 2.13. The van der Waals surface area contributed by atoms with E-state index >= 15 is 0 Å². The van der Waals surface area contributed by atoms with Gasteiger partial charge >= 0.3 is 0 Å². The van der Waals surface area contributed by atoms with E-state index in [1.54, 1.807) is 5.57 Å². The van der Waals surface area contributed by atoms with Crippen LogP contribution in [-0.4, -0.2) is 0 Å². The maximum Gasteiger partial charge on any atom is -0.0232 e. The van der Waals surface area contributed by atoms with Crippen molar-refractivity contribution in [3.8, 4) is 0 Å². The molecule has 1 atom stereocenters. The van der Waals surface area contributed by atoms with Crippen LogP contribution in [0.15, 0.2) is 11.6 Å². The summed E-state index contributed by atoms with van der Waals surface area (Å²) in [5, 5.41) is 0. The largest absolute Gasteiger partial charge is 0.0882 e. The van der Waals surface area contributed by atoms with Crippen LogP contribution in [0.5, 0.6) is 0 Å². The molecule has 0 unspecified atom stereocenters. The van der Waals surface area contributed by atoms with Gasteiger partial charge in [0.25, 0.3) is 0 Å². The van der Waals surface area contributed by atoms with Gasteiger partial charge in [0, 0.05) is 0 Å². The van der Waals surface area contributed by atoms with Crippen LogP contribution >= 0.6 is 0 Å². The predicted octanol–water partition coefficient (Wildman–Crippen LogP) is 3.78. The summed E-state index contributed by atoms with van der Waals surface area (Å²) in [6.45, 7) is 8.47. The second-order valence-electron chi connectivity index (χ2n) is 2.66. The Balaban J connectivity index is 0.000000371. The molecule has 10 heavy (non-hydrogen) atoms. The predicted molar refractivity (Wildman–Crippen MR) is 48.1 cm³/mol. The molecule has 0 aromatic carbocycles. The van der Waals surface area contributed by atoms with E-state index < -0.39 is 0 Å². The van der Waals surface area contributed by atoms with Crippen LogP contribution in [0.2, 0.25) is 0 Å².